The fourth-order valence-corrected chi connectivity index (χ4v) is 3.18. The average Bonchev–Trinajstić information content (AvgIpc) is 2.94. The largest absolute Gasteiger partial charge is 0.497 e. The Labute approximate surface area is 128 Å². The van der Waals surface area contributed by atoms with Gasteiger partial charge in [0.15, 0.2) is 0 Å². The average molecular weight is 292 g/mol. The monoisotopic (exact) mass is 292 g/mol. The first-order valence-electron chi connectivity index (χ1n) is 7.88. The maximum Gasteiger partial charge on any atom is 0.118 e. The Morgan fingerprint density at radius 1 is 1.38 bits per heavy atom. The highest BCUT2D eigenvalue weighted by atomic mass is 16.5. The van der Waals surface area contributed by atoms with Crippen molar-refractivity contribution in [3.63, 3.8) is 0 Å². The van der Waals surface area contributed by atoms with Crippen molar-refractivity contribution >= 4 is 0 Å². The number of methoxy groups -OCH3 is 1. The molecule has 21 heavy (non-hydrogen) atoms. The van der Waals surface area contributed by atoms with Crippen LogP contribution in [0.15, 0.2) is 24.3 Å². The van der Waals surface area contributed by atoms with E-state index >= 15 is 0 Å². The van der Waals surface area contributed by atoms with Gasteiger partial charge in [-0.05, 0) is 50.7 Å². The number of nitrogens with zero attached hydrogens (tertiary/aromatic N) is 2. The second-order valence-electron chi connectivity index (χ2n) is 5.93. The summed E-state index contributed by atoms with van der Waals surface area (Å²) in [4.78, 5) is 4.78. The number of ether oxygens (including phenoxy) is 1. The van der Waals surface area contributed by atoms with Gasteiger partial charge in [0.05, 0.1) is 13.2 Å². The Morgan fingerprint density at radius 2 is 2.10 bits per heavy atom. The normalized spacial score (nSPS) is 20.9. The summed E-state index contributed by atoms with van der Waals surface area (Å²) >= 11 is 0. The Kier molecular flexibility index (Phi) is 6.03. The lowest BCUT2D eigenvalue weighted by Gasteiger charge is -2.29. The number of hydrogen-bond donors (Lipinski definition) is 1. The molecular weight excluding hydrogens is 264 g/mol. The smallest absolute Gasteiger partial charge is 0.118 e. The van der Waals surface area contributed by atoms with Crippen molar-refractivity contribution in [3.8, 4) is 5.75 Å². The van der Waals surface area contributed by atoms with Gasteiger partial charge in [-0.2, -0.15) is 0 Å². The van der Waals surface area contributed by atoms with E-state index in [1.807, 2.05) is 24.3 Å². The minimum Gasteiger partial charge on any atom is -0.497 e. The molecule has 4 heteroatoms. The van der Waals surface area contributed by atoms with Crippen LogP contribution in [-0.4, -0.2) is 61.3 Å². The van der Waals surface area contributed by atoms with E-state index in [2.05, 4.69) is 23.8 Å². The number of benzene rings is 1. The second-order valence-corrected chi connectivity index (χ2v) is 5.93. The van der Waals surface area contributed by atoms with Gasteiger partial charge in [-0.25, -0.2) is 0 Å². The van der Waals surface area contributed by atoms with E-state index in [0.29, 0.717) is 12.6 Å². The lowest BCUT2D eigenvalue weighted by atomic mass is 10.1. The van der Waals surface area contributed by atoms with Gasteiger partial charge in [0.1, 0.15) is 5.75 Å². The van der Waals surface area contributed by atoms with Gasteiger partial charge in [0.25, 0.3) is 0 Å². The van der Waals surface area contributed by atoms with Crippen LogP contribution < -0.4 is 4.74 Å². The highest BCUT2D eigenvalue weighted by Crippen LogP contribution is 2.20. The standard InChI is InChI=1S/C17H28N2O2/c1-4-19-11-5-6-15(19)12-18(2)13-17(20)14-7-9-16(21-3)10-8-14/h7-10,15,17,20H,4-6,11-13H2,1-3H3. The zero-order valence-corrected chi connectivity index (χ0v) is 13.5. The molecule has 0 aliphatic carbocycles. The number of likely N-dealkylation sites (N-methyl/N-ethyl adjacent to an activating group) is 2. The maximum atomic E-state index is 10.4. The number of likely N-dealkylation sites (tertiary alicyclic amines) is 1. The molecule has 2 atom stereocenters. The highest BCUT2D eigenvalue weighted by molar-refractivity contribution is 5.28. The molecule has 0 spiro atoms. The van der Waals surface area contributed by atoms with Crippen LogP contribution in [-0.2, 0) is 0 Å². The van der Waals surface area contributed by atoms with E-state index in [4.69, 9.17) is 4.74 Å². The molecule has 1 heterocycles. The quantitative estimate of drug-likeness (QED) is 0.835. The van der Waals surface area contributed by atoms with E-state index < -0.39 is 6.10 Å². The Bertz CT molecular complexity index is 421. The molecule has 0 saturated carbocycles. The van der Waals surface area contributed by atoms with Crippen LogP contribution in [0.3, 0.4) is 0 Å². The van der Waals surface area contributed by atoms with Crippen LogP contribution in [0.1, 0.15) is 31.4 Å². The lowest BCUT2D eigenvalue weighted by Crippen LogP contribution is -2.40. The first-order chi connectivity index (χ1) is 10.1. The minimum atomic E-state index is -0.447. The molecule has 1 aliphatic heterocycles. The van der Waals surface area contributed by atoms with Crippen LogP contribution >= 0.6 is 0 Å². The first kappa shape index (κ1) is 16.3. The summed E-state index contributed by atoms with van der Waals surface area (Å²) in [5, 5.41) is 10.4. The van der Waals surface area contributed by atoms with Gasteiger partial charge >= 0.3 is 0 Å². The summed E-state index contributed by atoms with van der Waals surface area (Å²) < 4.78 is 5.15. The Balaban J connectivity index is 1.84. The van der Waals surface area contributed by atoms with Crippen molar-refractivity contribution in [2.45, 2.75) is 31.9 Å². The molecule has 1 saturated heterocycles. The van der Waals surface area contributed by atoms with Crippen molar-refractivity contribution in [1.82, 2.24) is 9.80 Å². The summed E-state index contributed by atoms with van der Waals surface area (Å²) in [6.45, 7) is 6.27. The molecule has 1 aromatic rings. The number of aliphatic hydroxyl groups excluding tert-OH is 1. The van der Waals surface area contributed by atoms with E-state index in [-0.39, 0.29) is 0 Å². The third-order valence-corrected chi connectivity index (χ3v) is 4.41. The summed E-state index contributed by atoms with van der Waals surface area (Å²) in [5.74, 6) is 0.823. The van der Waals surface area contributed by atoms with E-state index in [1.165, 1.54) is 19.4 Å². The molecule has 0 amide bonds. The molecular formula is C17H28N2O2. The third kappa shape index (κ3) is 4.43. The lowest BCUT2D eigenvalue weighted by molar-refractivity contribution is 0.109. The fraction of sp³-hybridized carbons (Fsp3) is 0.647. The maximum absolute atomic E-state index is 10.4. The Morgan fingerprint density at radius 3 is 2.71 bits per heavy atom. The molecule has 1 aliphatic rings. The Hall–Kier alpha value is -1.10. The van der Waals surface area contributed by atoms with Crippen LogP contribution in [0.2, 0.25) is 0 Å². The zero-order chi connectivity index (χ0) is 15.2. The molecule has 0 aromatic heterocycles. The third-order valence-electron chi connectivity index (χ3n) is 4.41. The van der Waals surface area contributed by atoms with Crippen LogP contribution in [0.4, 0.5) is 0 Å². The van der Waals surface area contributed by atoms with Crippen LogP contribution in [0.5, 0.6) is 5.75 Å². The van der Waals surface area contributed by atoms with Crippen LogP contribution in [0, 0.1) is 0 Å². The molecule has 1 N–H and O–H groups in total. The molecule has 1 fully saturated rings. The van der Waals surface area contributed by atoms with Crippen molar-refractivity contribution in [2.24, 2.45) is 0 Å². The van der Waals surface area contributed by atoms with Gasteiger partial charge in [0, 0.05) is 19.1 Å². The van der Waals surface area contributed by atoms with Crippen molar-refractivity contribution in [3.05, 3.63) is 29.8 Å². The van der Waals surface area contributed by atoms with E-state index in [9.17, 15) is 5.11 Å². The SMILES string of the molecule is CCN1CCCC1CN(C)CC(O)c1ccc(OC)cc1. The van der Waals surface area contributed by atoms with Crippen LogP contribution in [0.25, 0.3) is 0 Å². The number of aliphatic hydroxyl groups is 1. The first-order valence-corrected chi connectivity index (χ1v) is 7.88. The minimum absolute atomic E-state index is 0.447. The molecule has 2 unspecified atom stereocenters. The van der Waals surface area contributed by atoms with Gasteiger partial charge in [-0.1, -0.05) is 19.1 Å². The molecule has 0 bridgehead atoms. The van der Waals surface area contributed by atoms with E-state index in [1.54, 1.807) is 7.11 Å². The second kappa shape index (κ2) is 7.78. The summed E-state index contributed by atoms with van der Waals surface area (Å²) in [6.07, 6.45) is 2.13. The molecule has 2 rings (SSSR count). The highest BCUT2D eigenvalue weighted by Gasteiger charge is 2.24. The molecule has 4 nitrogen and oxygen atoms in total. The summed E-state index contributed by atoms with van der Waals surface area (Å²) in [7, 11) is 3.75. The topological polar surface area (TPSA) is 35.9 Å². The van der Waals surface area contributed by atoms with Gasteiger partial charge < -0.3 is 14.7 Å². The summed E-state index contributed by atoms with van der Waals surface area (Å²) in [6, 6.07) is 8.31. The van der Waals surface area contributed by atoms with Gasteiger partial charge in [-0.15, -0.1) is 0 Å². The molecule has 118 valence electrons. The van der Waals surface area contributed by atoms with Crippen molar-refractivity contribution in [1.29, 1.82) is 0 Å². The molecule has 1 aromatic carbocycles. The van der Waals surface area contributed by atoms with Gasteiger partial charge in [-0.3, -0.25) is 4.90 Å². The predicted octanol–water partition coefficient (Wildman–Crippen LogP) is 2.14. The fourth-order valence-electron chi connectivity index (χ4n) is 3.18. The number of hydrogen-bond acceptors (Lipinski definition) is 4. The summed E-state index contributed by atoms with van der Waals surface area (Å²) in [5.41, 5.74) is 0.946. The zero-order valence-electron chi connectivity index (χ0n) is 13.5. The van der Waals surface area contributed by atoms with Gasteiger partial charge in [0.2, 0.25) is 0 Å². The molecule has 0 radical (unpaired) electrons. The number of rotatable bonds is 7. The van der Waals surface area contributed by atoms with Crippen molar-refractivity contribution < 1.29 is 9.84 Å². The van der Waals surface area contributed by atoms with E-state index in [0.717, 1.165) is 24.4 Å². The predicted molar refractivity (Wildman–Crippen MR) is 85.7 cm³/mol. The van der Waals surface area contributed by atoms with Crippen molar-refractivity contribution in [2.75, 3.05) is 40.3 Å².